The molecule has 1 aromatic rings. The molecule has 1 aromatic carbocycles. The lowest BCUT2D eigenvalue weighted by atomic mass is 9.82. The van der Waals surface area contributed by atoms with E-state index in [0.29, 0.717) is 18.1 Å². The fraction of sp³-hybridized carbons (Fsp3) is 0.696. The fourth-order valence-electron chi connectivity index (χ4n) is 5.41. The van der Waals surface area contributed by atoms with Crippen LogP contribution in [0.25, 0.3) is 0 Å². The molecule has 27 heavy (non-hydrogen) atoms. The van der Waals surface area contributed by atoms with Gasteiger partial charge in [0.05, 0.1) is 19.7 Å². The van der Waals surface area contributed by atoms with E-state index in [4.69, 9.17) is 9.73 Å². The Bertz CT molecular complexity index is 654. The number of guanidine groups is 1. The molecule has 4 atom stereocenters. The summed E-state index contributed by atoms with van der Waals surface area (Å²) in [7, 11) is 1.73. The van der Waals surface area contributed by atoms with Gasteiger partial charge in [0.25, 0.3) is 0 Å². The lowest BCUT2D eigenvalue weighted by molar-refractivity contribution is 0.167. The van der Waals surface area contributed by atoms with Crippen LogP contribution in [0.2, 0.25) is 0 Å². The van der Waals surface area contributed by atoms with E-state index in [9.17, 15) is 0 Å². The Labute approximate surface area is 164 Å². The normalized spacial score (nSPS) is 30.4. The number of aliphatic imine (C=N–C) groups is 1. The summed E-state index contributed by atoms with van der Waals surface area (Å²) in [5.41, 5.74) is 1.40. The number of fused-ring (bicyclic) bond motifs is 1. The predicted octanol–water partition coefficient (Wildman–Crippen LogP) is 4.34. The minimum absolute atomic E-state index is 0.547. The first-order valence-electron chi connectivity index (χ1n) is 10.9. The maximum absolute atomic E-state index is 5.33. The van der Waals surface area contributed by atoms with Crippen molar-refractivity contribution in [3.63, 3.8) is 0 Å². The predicted molar refractivity (Wildman–Crippen MR) is 111 cm³/mol. The molecule has 2 fully saturated rings. The van der Waals surface area contributed by atoms with Gasteiger partial charge in [-0.05, 0) is 49.8 Å². The van der Waals surface area contributed by atoms with E-state index < -0.39 is 0 Å². The number of hydrogen-bond acceptors (Lipinski definition) is 4. The summed E-state index contributed by atoms with van der Waals surface area (Å²) in [6.07, 6.45) is 9.30. The molecule has 2 heterocycles. The van der Waals surface area contributed by atoms with E-state index in [0.717, 1.165) is 31.2 Å². The van der Waals surface area contributed by atoms with Crippen LogP contribution in [0.15, 0.2) is 29.3 Å². The van der Waals surface area contributed by atoms with Gasteiger partial charge in [-0.3, -0.25) is 4.99 Å². The number of rotatable bonds is 6. The molecule has 1 saturated heterocycles. The van der Waals surface area contributed by atoms with Gasteiger partial charge in [0.1, 0.15) is 5.75 Å². The van der Waals surface area contributed by atoms with Gasteiger partial charge in [-0.25, -0.2) is 0 Å². The van der Waals surface area contributed by atoms with Crippen molar-refractivity contribution in [3.05, 3.63) is 29.8 Å². The first-order valence-corrected chi connectivity index (χ1v) is 10.9. The van der Waals surface area contributed by atoms with E-state index in [1.54, 1.807) is 7.11 Å². The minimum Gasteiger partial charge on any atom is -0.497 e. The van der Waals surface area contributed by atoms with Crippen molar-refractivity contribution >= 4 is 5.96 Å². The molecule has 148 valence electrons. The van der Waals surface area contributed by atoms with E-state index in [1.165, 1.54) is 50.0 Å². The molecule has 0 radical (unpaired) electrons. The van der Waals surface area contributed by atoms with Crippen molar-refractivity contribution in [2.24, 2.45) is 10.9 Å². The highest BCUT2D eigenvalue weighted by Crippen LogP contribution is 2.36. The molecule has 0 N–H and O–H groups in total. The third kappa shape index (κ3) is 3.81. The largest absolute Gasteiger partial charge is 0.497 e. The molecule has 0 aromatic heterocycles. The van der Waals surface area contributed by atoms with Crippen LogP contribution >= 0.6 is 0 Å². The fourth-order valence-corrected chi connectivity index (χ4v) is 5.41. The Morgan fingerprint density at radius 3 is 2.74 bits per heavy atom. The summed E-state index contributed by atoms with van der Waals surface area (Å²) in [5.74, 6) is 3.14. The van der Waals surface area contributed by atoms with Gasteiger partial charge in [-0.15, -0.1) is 0 Å². The van der Waals surface area contributed by atoms with Crippen LogP contribution in [0.1, 0.15) is 57.9 Å². The van der Waals surface area contributed by atoms with Gasteiger partial charge < -0.3 is 14.5 Å². The van der Waals surface area contributed by atoms with Gasteiger partial charge in [-0.2, -0.15) is 0 Å². The van der Waals surface area contributed by atoms with Crippen LogP contribution in [-0.2, 0) is 6.42 Å². The molecule has 0 bridgehead atoms. The van der Waals surface area contributed by atoms with Crippen LogP contribution in [0.5, 0.6) is 5.75 Å². The Balaban J connectivity index is 1.53. The molecule has 2 aliphatic heterocycles. The van der Waals surface area contributed by atoms with Crippen LogP contribution in [-0.4, -0.2) is 54.1 Å². The average molecular weight is 370 g/mol. The number of benzene rings is 1. The zero-order valence-corrected chi connectivity index (χ0v) is 17.2. The third-order valence-corrected chi connectivity index (χ3v) is 6.79. The van der Waals surface area contributed by atoms with Gasteiger partial charge in [-0.1, -0.05) is 44.7 Å². The van der Waals surface area contributed by atoms with Gasteiger partial charge >= 0.3 is 0 Å². The van der Waals surface area contributed by atoms with Crippen molar-refractivity contribution < 1.29 is 4.74 Å². The summed E-state index contributed by atoms with van der Waals surface area (Å²) >= 11 is 0. The van der Waals surface area contributed by atoms with Gasteiger partial charge in [0.15, 0.2) is 5.96 Å². The second-order valence-electron chi connectivity index (χ2n) is 8.73. The second-order valence-corrected chi connectivity index (χ2v) is 8.73. The van der Waals surface area contributed by atoms with Crippen molar-refractivity contribution in [3.8, 4) is 5.75 Å². The van der Waals surface area contributed by atoms with Gasteiger partial charge in [0.2, 0.25) is 0 Å². The molecular weight excluding hydrogens is 334 g/mol. The Morgan fingerprint density at radius 2 is 2.00 bits per heavy atom. The quantitative estimate of drug-likeness (QED) is 0.747. The number of methoxy groups -OCH3 is 1. The smallest absolute Gasteiger partial charge is 0.197 e. The van der Waals surface area contributed by atoms with Crippen LogP contribution < -0.4 is 4.74 Å². The minimum atomic E-state index is 0.547. The molecular formula is C23H35N3O. The number of hydrogen-bond donors (Lipinski definition) is 0. The maximum atomic E-state index is 5.33. The molecule has 1 saturated carbocycles. The average Bonchev–Trinajstić information content (AvgIpc) is 3.22. The molecule has 0 amide bonds. The molecule has 2 unspecified atom stereocenters. The van der Waals surface area contributed by atoms with Crippen molar-refractivity contribution in [2.45, 2.75) is 76.9 Å². The van der Waals surface area contributed by atoms with E-state index in [1.807, 2.05) is 0 Å². The first kappa shape index (κ1) is 18.6. The zero-order valence-electron chi connectivity index (χ0n) is 17.2. The van der Waals surface area contributed by atoms with Crippen LogP contribution in [0, 0.1) is 5.92 Å². The molecule has 4 heteroatoms. The summed E-state index contributed by atoms with van der Waals surface area (Å²) in [6, 6.07) is 10.4. The molecule has 1 aliphatic carbocycles. The Kier molecular flexibility index (Phi) is 5.60. The number of nitrogens with zero attached hydrogens (tertiary/aromatic N) is 3. The summed E-state index contributed by atoms with van der Waals surface area (Å²) in [4.78, 5) is 10.3. The summed E-state index contributed by atoms with van der Waals surface area (Å²) < 4.78 is 5.33. The van der Waals surface area contributed by atoms with Crippen LogP contribution in [0.4, 0.5) is 0 Å². The van der Waals surface area contributed by atoms with Crippen LogP contribution in [0.3, 0.4) is 0 Å². The van der Waals surface area contributed by atoms with E-state index >= 15 is 0 Å². The summed E-state index contributed by atoms with van der Waals surface area (Å²) in [6.45, 7) is 6.74. The van der Waals surface area contributed by atoms with Crippen molar-refractivity contribution in [1.82, 2.24) is 9.80 Å². The number of ether oxygens (including phenoxy) is 1. The monoisotopic (exact) mass is 369 g/mol. The van der Waals surface area contributed by atoms with Crippen molar-refractivity contribution in [1.29, 1.82) is 0 Å². The third-order valence-electron chi connectivity index (χ3n) is 6.79. The van der Waals surface area contributed by atoms with E-state index in [2.05, 4.69) is 47.9 Å². The van der Waals surface area contributed by atoms with Crippen molar-refractivity contribution in [2.75, 3.05) is 20.2 Å². The highest BCUT2D eigenvalue weighted by molar-refractivity contribution is 5.85. The highest BCUT2D eigenvalue weighted by atomic mass is 16.5. The first-order chi connectivity index (χ1) is 13.2. The zero-order chi connectivity index (χ0) is 18.8. The topological polar surface area (TPSA) is 28.1 Å². The maximum Gasteiger partial charge on any atom is 0.197 e. The SMILES string of the molecule is CCCC1CCCC(N2C3=NC[C@H](C)N3C[C@@H]2Cc2ccc(OC)cc2)C1. The Morgan fingerprint density at radius 1 is 1.19 bits per heavy atom. The second kappa shape index (κ2) is 8.12. The molecule has 4 rings (SSSR count). The molecule has 3 aliphatic rings. The lowest BCUT2D eigenvalue weighted by Crippen LogP contribution is -2.46. The Hall–Kier alpha value is -1.71. The molecule has 0 spiro atoms. The van der Waals surface area contributed by atoms with Gasteiger partial charge in [0, 0.05) is 18.6 Å². The highest BCUT2D eigenvalue weighted by Gasteiger charge is 2.44. The standard InChI is InChI=1S/C23H35N3O/c1-4-6-18-7-5-8-20(13-18)26-21(16-25-17(2)15-24-23(25)26)14-19-9-11-22(27-3)12-10-19/h9-12,17-18,20-21H,4-8,13-16H2,1-3H3/t17-,18?,20?,21-/m0/s1. The van der Waals surface area contributed by atoms with E-state index in [-0.39, 0.29) is 0 Å². The molecule has 4 nitrogen and oxygen atoms in total. The lowest BCUT2D eigenvalue weighted by Gasteiger charge is -2.39. The summed E-state index contributed by atoms with van der Waals surface area (Å²) in [5, 5.41) is 0.